The van der Waals surface area contributed by atoms with Gasteiger partial charge in [0, 0.05) is 12.3 Å². The maximum atomic E-state index is 11.2. The molecule has 0 unspecified atom stereocenters. The van der Waals surface area contributed by atoms with E-state index in [9.17, 15) is 8.42 Å². The Labute approximate surface area is 93.8 Å². The second kappa shape index (κ2) is 5.27. The third-order valence-electron chi connectivity index (χ3n) is 1.76. The van der Waals surface area contributed by atoms with Crippen molar-refractivity contribution in [1.82, 2.24) is 9.97 Å². The molecule has 0 atom stereocenters. The molecule has 0 aliphatic heterocycles. The SMILES string of the molecule is CCS(=O)(=O)CCNc1cncc(Cl)n1. The molecular formula is C8H12ClN3O2S. The van der Waals surface area contributed by atoms with Gasteiger partial charge in [0.05, 0.1) is 18.1 Å². The Kier molecular flexibility index (Phi) is 4.28. The normalized spacial score (nSPS) is 11.3. The quantitative estimate of drug-likeness (QED) is 0.842. The minimum absolute atomic E-state index is 0.0810. The van der Waals surface area contributed by atoms with Gasteiger partial charge in [-0.15, -0.1) is 0 Å². The van der Waals surface area contributed by atoms with Crippen molar-refractivity contribution >= 4 is 27.3 Å². The lowest BCUT2D eigenvalue weighted by Gasteiger charge is -2.04. The largest absolute Gasteiger partial charge is 0.368 e. The molecular weight excluding hydrogens is 238 g/mol. The molecule has 1 rings (SSSR count). The van der Waals surface area contributed by atoms with Crippen molar-refractivity contribution in [3.63, 3.8) is 0 Å². The molecule has 0 radical (unpaired) electrons. The highest BCUT2D eigenvalue weighted by atomic mass is 35.5. The van der Waals surface area contributed by atoms with Gasteiger partial charge in [-0.2, -0.15) is 0 Å². The first-order valence-electron chi connectivity index (χ1n) is 4.45. The van der Waals surface area contributed by atoms with Crippen molar-refractivity contribution < 1.29 is 8.42 Å². The van der Waals surface area contributed by atoms with Crippen LogP contribution < -0.4 is 5.32 Å². The predicted octanol–water partition coefficient (Wildman–Crippen LogP) is 0.977. The zero-order chi connectivity index (χ0) is 11.3. The lowest BCUT2D eigenvalue weighted by molar-refractivity contribution is 0.597. The van der Waals surface area contributed by atoms with Gasteiger partial charge in [0.15, 0.2) is 9.84 Å². The van der Waals surface area contributed by atoms with Gasteiger partial charge >= 0.3 is 0 Å². The Bertz CT molecular complexity index is 422. The smallest absolute Gasteiger partial charge is 0.151 e. The summed E-state index contributed by atoms with van der Waals surface area (Å²) in [5, 5.41) is 3.11. The highest BCUT2D eigenvalue weighted by molar-refractivity contribution is 7.91. The first kappa shape index (κ1) is 12.2. The molecule has 0 saturated heterocycles. The molecule has 1 N–H and O–H groups in total. The summed E-state index contributed by atoms with van der Waals surface area (Å²) >= 11 is 5.61. The van der Waals surface area contributed by atoms with E-state index in [0.717, 1.165) is 0 Å². The number of nitrogens with one attached hydrogen (secondary N) is 1. The van der Waals surface area contributed by atoms with Gasteiger partial charge in [-0.25, -0.2) is 13.4 Å². The Hall–Kier alpha value is -0.880. The van der Waals surface area contributed by atoms with Crippen molar-refractivity contribution in [3.05, 3.63) is 17.5 Å². The molecule has 84 valence electrons. The van der Waals surface area contributed by atoms with Crippen molar-refractivity contribution in [2.75, 3.05) is 23.4 Å². The lowest BCUT2D eigenvalue weighted by Crippen LogP contribution is -2.17. The summed E-state index contributed by atoms with van der Waals surface area (Å²) in [5.74, 6) is 0.710. The van der Waals surface area contributed by atoms with Gasteiger partial charge in [-0.05, 0) is 0 Å². The fourth-order valence-electron chi connectivity index (χ4n) is 0.906. The van der Waals surface area contributed by atoms with Crippen LogP contribution in [0.25, 0.3) is 0 Å². The van der Waals surface area contributed by atoms with Gasteiger partial charge in [-0.3, -0.25) is 4.98 Å². The van der Waals surface area contributed by atoms with E-state index in [2.05, 4.69) is 15.3 Å². The monoisotopic (exact) mass is 249 g/mol. The molecule has 0 spiro atoms. The molecule has 0 aromatic carbocycles. The number of anilines is 1. The summed E-state index contributed by atoms with van der Waals surface area (Å²) in [6.45, 7) is 1.93. The van der Waals surface area contributed by atoms with Crippen LogP contribution in [0, 0.1) is 0 Å². The molecule has 0 bridgehead atoms. The topological polar surface area (TPSA) is 72.0 Å². The first-order valence-corrected chi connectivity index (χ1v) is 6.65. The average Bonchev–Trinajstić information content (AvgIpc) is 2.18. The molecule has 0 aliphatic carbocycles. The fraction of sp³-hybridized carbons (Fsp3) is 0.500. The highest BCUT2D eigenvalue weighted by Gasteiger charge is 2.06. The maximum Gasteiger partial charge on any atom is 0.151 e. The van der Waals surface area contributed by atoms with Crippen LogP contribution in [-0.2, 0) is 9.84 Å². The molecule has 15 heavy (non-hydrogen) atoms. The maximum absolute atomic E-state index is 11.2. The highest BCUT2D eigenvalue weighted by Crippen LogP contribution is 2.06. The van der Waals surface area contributed by atoms with Crippen LogP contribution in [0.4, 0.5) is 5.82 Å². The zero-order valence-corrected chi connectivity index (χ0v) is 9.85. The van der Waals surface area contributed by atoms with Gasteiger partial charge in [-0.1, -0.05) is 18.5 Å². The van der Waals surface area contributed by atoms with Crippen LogP contribution in [0.15, 0.2) is 12.4 Å². The van der Waals surface area contributed by atoms with E-state index in [-0.39, 0.29) is 16.7 Å². The van der Waals surface area contributed by atoms with Crippen molar-refractivity contribution in [3.8, 4) is 0 Å². The summed E-state index contributed by atoms with van der Waals surface area (Å²) in [4.78, 5) is 7.73. The molecule has 1 heterocycles. The van der Waals surface area contributed by atoms with Crippen molar-refractivity contribution in [1.29, 1.82) is 0 Å². The number of halogens is 1. The number of aromatic nitrogens is 2. The van der Waals surface area contributed by atoms with Crippen LogP contribution >= 0.6 is 11.6 Å². The summed E-state index contributed by atoms with van der Waals surface area (Å²) < 4.78 is 22.3. The van der Waals surface area contributed by atoms with E-state index in [0.29, 0.717) is 12.4 Å². The van der Waals surface area contributed by atoms with Gasteiger partial charge in [0.1, 0.15) is 11.0 Å². The van der Waals surface area contributed by atoms with E-state index >= 15 is 0 Å². The molecule has 0 fully saturated rings. The number of hydrogen-bond acceptors (Lipinski definition) is 5. The second-order valence-electron chi connectivity index (χ2n) is 2.89. The van der Waals surface area contributed by atoms with E-state index in [1.807, 2.05) is 0 Å². The molecule has 0 amide bonds. The third-order valence-corrected chi connectivity index (χ3v) is 3.65. The van der Waals surface area contributed by atoms with Crippen LogP contribution in [0.1, 0.15) is 6.92 Å². The predicted molar refractivity (Wildman–Crippen MR) is 59.9 cm³/mol. The van der Waals surface area contributed by atoms with Gasteiger partial charge in [0.25, 0.3) is 0 Å². The second-order valence-corrected chi connectivity index (χ2v) is 5.75. The average molecular weight is 250 g/mol. The van der Waals surface area contributed by atoms with E-state index in [1.165, 1.54) is 12.4 Å². The van der Waals surface area contributed by atoms with Crippen LogP contribution in [0.5, 0.6) is 0 Å². The fourth-order valence-corrected chi connectivity index (χ4v) is 1.76. The number of rotatable bonds is 5. The standard InChI is InChI=1S/C8H12ClN3O2S/c1-2-15(13,14)4-3-11-8-6-10-5-7(9)12-8/h5-6H,2-4H2,1H3,(H,11,12). The van der Waals surface area contributed by atoms with E-state index in [1.54, 1.807) is 6.92 Å². The number of hydrogen-bond donors (Lipinski definition) is 1. The van der Waals surface area contributed by atoms with Crippen LogP contribution in [-0.4, -0.2) is 36.4 Å². The summed E-state index contributed by atoms with van der Waals surface area (Å²) in [6.07, 6.45) is 2.90. The number of sulfone groups is 1. The van der Waals surface area contributed by atoms with E-state index in [4.69, 9.17) is 11.6 Å². The van der Waals surface area contributed by atoms with E-state index < -0.39 is 9.84 Å². The Balaban J connectivity index is 2.45. The molecule has 1 aromatic rings. The number of nitrogens with zero attached hydrogens (tertiary/aromatic N) is 2. The van der Waals surface area contributed by atoms with Gasteiger partial charge < -0.3 is 5.32 Å². The zero-order valence-electron chi connectivity index (χ0n) is 8.27. The van der Waals surface area contributed by atoms with Crippen molar-refractivity contribution in [2.24, 2.45) is 0 Å². The Morgan fingerprint density at radius 3 is 2.80 bits per heavy atom. The van der Waals surface area contributed by atoms with Crippen LogP contribution in [0.2, 0.25) is 5.15 Å². The molecule has 1 aromatic heterocycles. The molecule has 5 nitrogen and oxygen atoms in total. The molecule has 0 saturated carbocycles. The summed E-state index contributed by atoms with van der Waals surface area (Å²) in [7, 11) is -2.94. The third kappa shape index (κ3) is 4.44. The lowest BCUT2D eigenvalue weighted by atomic mass is 10.6. The minimum Gasteiger partial charge on any atom is -0.368 e. The minimum atomic E-state index is -2.94. The summed E-state index contributed by atoms with van der Waals surface area (Å²) in [5.41, 5.74) is 0. The van der Waals surface area contributed by atoms with Gasteiger partial charge in [0.2, 0.25) is 0 Å². The molecule has 0 aliphatic rings. The Morgan fingerprint density at radius 1 is 1.47 bits per heavy atom. The molecule has 7 heteroatoms. The first-order chi connectivity index (χ1) is 7.03. The summed E-state index contributed by atoms with van der Waals surface area (Å²) in [6, 6.07) is 0. The van der Waals surface area contributed by atoms with Crippen molar-refractivity contribution in [2.45, 2.75) is 6.92 Å². The van der Waals surface area contributed by atoms with Crippen LogP contribution in [0.3, 0.4) is 0 Å². The Morgan fingerprint density at radius 2 is 2.20 bits per heavy atom.